The molecule has 1 aliphatic heterocycles. The normalized spacial score (nSPS) is 16.7. The van der Waals surface area contributed by atoms with Gasteiger partial charge in [-0.3, -0.25) is 0 Å². The average Bonchev–Trinajstić information content (AvgIpc) is 3.10. The lowest BCUT2D eigenvalue weighted by atomic mass is 9.81. The molecule has 0 bridgehead atoms. The topological polar surface area (TPSA) is 57.5 Å². The number of hydrogen-bond acceptors (Lipinski definition) is 4. The molecule has 0 spiro atoms. The van der Waals surface area contributed by atoms with E-state index < -0.39 is 10.8 Å². The predicted octanol–water partition coefficient (Wildman–Crippen LogP) is 6.40. The van der Waals surface area contributed by atoms with Crippen molar-refractivity contribution in [3.8, 4) is 17.0 Å². The molecule has 3 aromatic rings. The van der Waals surface area contributed by atoms with E-state index in [0.29, 0.717) is 18.0 Å². The Kier molecular flexibility index (Phi) is 6.17. The van der Waals surface area contributed by atoms with Crippen LogP contribution in [0.1, 0.15) is 59.5 Å². The Balaban J connectivity index is 1.86. The van der Waals surface area contributed by atoms with Gasteiger partial charge in [0, 0.05) is 21.4 Å². The third-order valence-electron chi connectivity index (χ3n) is 7.09. The van der Waals surface area contributed by atoms with Crippen molar-refractivity contribution in [2.45, 2.75) is 44.6 Å². The SMILES string of the molecule is C=CS(=O)C1=Cc2cc(OC)ccc2-c2c(C3CCCCC3)c3ccc(C(=O)OC)cc3n2C1. The summed E-state index contributed by atoms with van der Waals surface area (Å²) in [5, 5.41) is 2.63. The quantitative estimate of drug-likeness (QED) is 0.401. The van der Waals surface area contributed by atoms with Gasteiger partial charge >= 0.3 is 5.97 Å². The summed E-state index contributed by atoms with van der Waals surface area (Å²) in [4.78, 5) is 13.1. The van der Waals surface area contributed by atoms with E-state index in [0.717, 1.165) is 51.2 Å². The summed E-state index contributed by atoms with van der Waals surface area (Å²) in [6.45, 7) is 4.22. The molecule has 2 aliphatic rings. The largest absolute Gasteiger partial charge is 0.497 e. The molecule has 5 nitrogen and oxygen atoms in total. The predicted molar refractivity (Wildman–Crippen MR) is 137 cm³/mol. The van der Waals surface area contributed by atoms with Crippen molar-refractivity contribution in [1.82, 2.24) is 4.57 Å². The fraction of sp³-hybridized carbons (Fsp3) is 0.321. The molecule has 5 rings (SSSR count). The third kappa shape index (κ3) is 3.80. The molecule has 1 saturated carbocycles. The highest BCUT2D eigenvalue weighted by molar-refractivity contribution is 7.92. The second-order valence-corrected chi connectivity index (χ2v) is 10.4. The number of nitrogens with zero attached hydrogens (tertiary/aromatic N) is 1. The van der Waals surface area contributed by atoms with E-state index in [2.05, 4.69) is 23.3 Å². The highest BCUT2D eigenvalue weighted by Crippen LogP contribution is 2.47. The molecule has 6 heteroatoms. The number of benzene rings is 2. The van der Waals surface area contributed by atoms with Crippen LogP contribution in [0.5, 0.6) is 5.75 Å². The molecule has 176 valence electrons. The second-order valence-electron chi connectivity index (χ2n) is 8.93. The van der Waals surface area contributed by atoms with Crippen LogP contribution in [0, 0.1) is 0 Å². The summed E-state index contributed by atoms with van der Waals surface area (Å²) in [7, 11) is 1.73. The molecule has 0 saturated heterocycles. The lowest BCUT2D eigenvalue weighted by Gasteiger charge is -2.24. The molecule has 2 aromatic carbocycles. The Morgan fingerprint density at radius 2 is 1.91 bits per heavy atom. The summed E-state index contributed by atoms with van der Waals surface area (Å²) >= 11 is 0. The van der Waals surface area contributed by atoms with E-state index in [4.69, 9.17) is 9.47 Å². The molecule has 34 heavy (non-hydrogen) atoms. The van der Waals surface area contributed by atoms with Gasteiger partial charge in [-0.25, -0.2) is 9.00 Å². The average molecular weight is 476 g/mol. The summed E-state index contributed by atoms with van der Waals surface area (Å²) in [5.74, 6) is 0.842. The van der Waals surface area contributed by atoms with Crippen LogP contribution in [-0.4, -0.2) is 29.0 Å². The lowest BCUT2D eigenvalue weighted by molar-refractivity contribution is 0.0601. The van der Waals surface area contributed by atoms with Gasteiger partial charge in [0.05, 0.1) is 42.8 Å². The van der Waals surface area contributed by atoms with Gasteiger partial charge < -0.3 is 14.0 Å². The fourth-order valence-corrected chi connectivity index (χ4v) is 6.20. The number of esters is 1. The van der Waals surface area contributed by atoms with Gasteiger partial charge in [0.25, 0.3) is 0 Å². The third-order valence-corrected chi connectivity index (χ3v) is 8.16. The molecule has 1 atom stereocenters. The van der Waals surface area contributed by atoms with Crippen molar-refractivity contribution in [3.05, 3.63) is 70.0 Å². The smallest absolute Gasteiger partial charge is 0.337 e. The molecule has 1 fully saturated rings. The number of fused-ring (bicyclic) bond motifs is 5. The molecule has 1 unspecified atom stereocenters. The van der Waals surface area contributed by atoms with Crippen LogP contribution in [0.2, 0.25) is 0 Å². The fourth-order valence-electron chi connectivity index (χ4n) is 5.49. The number of carbonyl (C=O) groups excluding carboxylic acids is 1. The maximum absolute atomic E-state index is 13.0. The van der Waals surface area contributed by atoms with E-state index >= 15 is 0 Å². The van der Waals surface area contributed by atoms with Gasteiger partial charge in [0.1, 0.15) is 5.75 Å². The zero-order valence-corrected chi connectivity index (χ0v) is 20.5. The van der Waals surface area contributed by atoms with Crippen LogP contribution >= 0.6 is 0 Å². The van der Waals surface area contributed by atoms with E-state index in [9.17, 15) is 9.00 Å². The standard InChI is InChI=1S/C28H29NO4S/c1-4-34(31)22-15-20-14-21(32-2)11-13-23(20)27-26(18-8-6-5-7-9-18)24-12-10-19(28(30)33-3)16-25(24)29(27)17-22/h4,10-16,18H,1,5-9,17H2,2-3H3. The van der Waals surface area contributed by atoms with Gasteiger partial charge in [-0.05, 0) is 71.7 Å². The number of methoxy groups -OCH3 is 2. The number of hydrogen-bond donors (Lipinski definition) is 0. The molecule has 0 N–H and O–H groups in total. The number of rotatable bonds is 5. The monoisotopic (exact) mass is 475 g/mol. The Morgan fingerprint density at radius 3 is 2.62 bits per heavy atom. The van der Waals surface area contributed by atoms with Crippen molar-refractivity contribution in [2.75, 3.05) is 14.2 Å². The molecule has 1 aliphatic carbocycles. The molecular weight excluding hydrogens is 446 g/mol. The minimum absolute atomic E-state index is 0.360. The summed E-state index contributed by atoms with van der Waals surface area (Å²) in [6, 6.07) is 11.9. The summed E-state index contributed by atoms with van der Waals surface area (Å²) in [6.07, 6.45) is 8.01. The van der Waals surface area contributed by atoms with Crippen molar-refractivity contribution in [2.24, 2.45) is 0 Å². The first-order valence-corrected chi connectivity index (χ1v) is 12.9. The van der Waals surface area contributed by atoms with E-state index in [1.807, 2.05) is 30.3 Å². The molecular formula is C28H29NO4S. The van der Waals surface area contributed by atoms with Crippen LogP contribution in [0.25, 0.3) is 28.2 Å². The Bertz CT molecular complexity index is 1340. The van der Waals surface area contributed by atoms with E-state index in [1.165, 1.54) is 37.3 Å². The number of ether oxygens (including phenoxy) is 2. The van der Waals surface area contributed by atoms with E-state index in [-0.39, 0.29) is 5.97 Å². The highest BCUT2D eigenvalue weighted by atomic mass is 32.2. The first kappa shape index (κ1) is 22.7. The molecule has 1 aromatic heterocycles. The van der Waals surface area contributed by atoms with Crippen LogP contribution in [0.15, 0.2) is 53.3 Å². The van der Waals surface area contributed by atoms with Crippen molar-refractivity contribution in [1.29, 1.82) is 0 Å². The highest BCUT2D eigenvalue weighted by Gasteiger charge is 2.30. The number of carbonyl (C=O) groups is 1. The van der Waals surface area contributed by atoms with Crippen LogP contribution in [0.4, 0.5) is 0 Å². The zero-order valence-electron chi connectivity index (χ0n) is 19.6. The Morgan fingerprint density at radius 1 is 1.12 bits per heavy atom. The minimum Gasteiger partial charge on any atom is -0.497 e. The molecule has 0 radical (unpaired) electrons. The summed E-state index contributed by atoms with van der Waals surface area (Å²) < 4.78 is 25.7. The Labute approximate surface area is 202 Å². The molecule has 0 amide bonds. The van der Waals surface area contributed by atoms with Crippen molar-refractivity contribution >= 4 is 33.7 Å². The van der Waals surface area contributed by atoms with Crippen molar-refractivity contribution in [3.63, 3.8) is 0 Å². The number of aromatic nitrogens is 1. The minimum atomic E-state index is -1.33. The van der Waals surface area contributed by atoms with Crippen molar-refractivity contribution < 1.29 is 18.5 Å². The first-order chi connectivity index (χ1) is 16.5. The van der Waals surface area contributed by atoms with E-state index in [1.54, 1.807) is 7.11 Å². The molecule has 2 heterocycles. The van der Waals surface area contributed by atoms with Gasteiger partial charge in [-0.1, -0.05) is 31.9 Å². The van der Waals surface area contributed by atoms with Gasteiger partial charge in [0.2, 0.25) is 0 Å². The van der Waals surface area contributed by atoms with Gasteiger partial charge in [0.15, 0.2) is 0 Å². The maximum atomic E-state index is 13.0. The maximum Gasteiger partial charge on any atom is 0.337 e. The summed E-state index contributed by atoms with van der Waals surface area (Å²) in [5.41, 5.74) is 6.03. The lowest BCUT2D eigenvalue weighted by Crippen LogP contribution is -2.08. The van der Waals surface area contributed by atoms with Gasteiger partial charge in [-0.15, -0.1) is 0 Å². The zero-order chi connectivity index (χ0) is 23.8. The van der Waals surface area contributed by atoms with Gasteiger partial charge in [-0.2, -0.15) is 0 Å². The first-order valence-electron chi connectivity index (χ1n) is 11.7. The second kappa shape index (κ2) is 9.26. The number of allylic oxidation sites excluding steroid dienone is 1. The van der Waals surface area contributed by atoms with Crippen LogP contribution in [-0.2, 0) is 22.1 Å². The van der Waals surface area contributed by atoms with Crippen LogP contribution in [0.3, 0.4) is 0 Å². The Hall–Kier alpha value is -3.12. The van der Waals surface area contributed by atoms with Crippen LogP contribution < -0.4 is 4.74 Å².